The van der Waals surface area contributed by atoms with Gasteiger partial charge < -0.3 is 10.1 Å². The number of benzene rings is 2. The quantitative estimate of drug-likeness (QED) is 0.853. The van der Waals surface area contributed by atoms with E-state index in [-0.39, 0.29) is 0 Å². The monoisotopic (exact) mass is 316 g/mol. The van der Waals surface area contributed by atoms with Crippen LogP contribution in [0.25, 0.3) is 0 Å². The lowest BCUT2D eigenvalue weighted by molar-refractivity contribution is 0.333. The minimum Gasteiger partial charge on any atom is -0.492 e. The van der Waals surface area contributed by atoms with Crippen LogP contribution in [-0.4, -0.2) is 13.2 Å². The molecular weight excluding hydrogens is 304 g/mol. The highest BCUT2D eigenvalue weighted by atomic mass is 79.9. The molecule has 2 rings (SSSR count). The van der Waals surface area contributed by atoms with E-state index in [0.717, 1.165) is 15.9 Å². The molecule has 0 spiro atoms. The molecule has 0 saturated heterocycles. The normalized spacial score (nSPS) is 9.68. The second-order valence-corrected chi connectivity index (χ2v) is 4.84. The van der Waals surface area contributed by atoms with Crippen LogP contribution in [0.2, 0.25) is 0 Å². The topological polar surface area (TPSA) is 45.0 Å². The standard InChI is InChI=1S/C15H13BrN2O/c16-13-4-6-14(7-5-13)18-8-9-19-15-3-1-2-12(10-15)11-17/h1-7,10,18H,8-9H2. The van der Waals surface area contributed by atoms with Crippen LogP contribution in [0.1, 0.15) is 5.56 Å². The first-order chi connectivity index (χ1) is 9.28. The number of nitriles is 1. The Morgan fingerprint density at radius 2 is 1.95 bits per heavy atom. The molecule has 0 atom stereocenters. The summed E-state index contributed by atoms with van der Waals surface area (Å²) < 4.78 is 6.63. The fourth-order valence-electron chi connectivity index (χ4n) is 1.59. The van der Waals surface area contributed by atoms with Crippen molar-refractivity contribution in [2.24, 2.45) is 0 Å². The summed E-state index contributed by atoms with van der Waals surface area (Å²) in [4.78, 5) is 0. The third-order valence-electron chi connectivity index (χ3n) is 2.51. The van der Waals surface area contributed by atoms with Crippen molar-refractivity contribution >= 4 is 21.6 Å². The average Bonchev–Trinajstić information content (AvgIpc) is 2.46. The lowest BCUT2D eigenvalue weighted by atomic mass is 10.2. The van der Waals surface area contributed by atoms with Crippen LogP contribution in [0.15, 0.2) is 53.0 Å². The number of hydrogen-bond acceptors (Lipinski definition) is 3. The van der Waals surface area contributed by atoms with Gasteiger partial charge in [0.25, 0.3) is 0 Å². The number of anilines is 1. The molecule has 0 fully saturated rings. The van der Waals surface area contributed by atoms with Gasteiger partial charge in [-0.2, -0.15) is 5.26 Å². The van der Waals surface area contributed by atoms with Gasteiger partial charge >= 0.3 is 0 Å². The van der Waals surface area contributed by atoms with Crippen LogP contribution in [-0.2, 0) is 0 Å². The van der Waals surface area contributed by atoms with E-state index in [1.54, 1.807) is 12.1 Å². The number of rotatable bonds is 5. The Kier molecular flexibility index (Phi) is 4.82. The molecule has 0 aliphatic rings. The van der Waals surface area contributed by atoms with Crippen molar-refractivity contribution in [3.05, 3.63) is 58.6 Å². The SMILES string of the molecule is N#Cc1cccc(OCCNc2ccc(Br)cc2)c1. The highest BCUT2D eigenvalue weighted by Crippen LogP contribution is 2.14. The molecule has 0 radical (unpaired) electrons. The summed E-state index contributed by atoms with van der Waals surface area (Å²) >= 11 is 3.39. The highest BCUT2D eigenvalue weighted by molar-refractivity contribution is 9.10. The fraction of sp³-hybridized carbons (Fsp3) is 0.133. The molecule has 0 aliphatic carbocycles. The number of halogens is 1. The summed E-state index contributed by atoms with van der Waals surface area (Å²) in [5.74, 6) is 0.719. The number of hydrogen-bond donors (Lipinski definition) is 1. The van der Waals surface area contributed by atoms with Crippen molar-refractivity contribution in [3.8, 4) is 11.8 Å². The van der Waals surface area contributed by atoms with Crippen molar-refractivity contribution in [1.82, 2.24) is 0 Å². The summed E-state index contributed by atoms with van der Waals surface area (Å²) in [5.41, 5.74) is 1.66. The molecule has 0 unspecified atom stereocenters. The van der Waals surface area contributed by atoms with E-state index in [2.05, 4.69) is 27.3 Å². The lowest BCUT2D eigenvalue weighted by Crippen LogP contribution is -2.11. The Bertz CT molecular complexity index is 575. The van der Waals surface area contributed by atoms with Gasteiger partial charge in [0, 0.05) is 16.7 Å². The van der Waals surface area contributed by atoms with Gasteiger partial charge in [-0.3, -0.25) is 0 Å². The van der Waals surface area contributed by atoms with E-state index < -0.39 is 0 Å². The third-order valence-corrected chi connectivity index (χ3v) is 3.04. The van der Waals surface area contributed by atoms with Crippen molar-refractivity contribution in [1.29, 1.82) is 5.26 Å². The predicted octanol–water partition coefficient (Wildman–Crippen LogP) is 3.81. The zero-order valence-corrected chi connectivity index (χ0v) is 11.9. The van der Waals surface area contributed by atoms with Crippen LogP contribution in [0.3, 0.4) is 0 Å². The number of nitrogens with one attached hydrogen (secondary N) is 1. The summed E-state index contributed by atoms with van der Waals surface area (Å²) in [6.45, 7) is 1.25. The van der Waals surface area contributed by atoms with Crippen LogP contribution in [0, 0.1) is 11.3 Å². The molecule has 0 amide bonds. The van der Waals surface area contributed by atoms with Gasteiger partial charge in [0.15, 0.2) is 0 Å². The number of ether oxygens (including phenoxy) is 1. The molecule has 1 N–H and O–H groups in total. The van der Waals surface area contributed by atoms with E-state index in [1.807, 2.05) is 36.4 Å². The van der Waals surface area contributed by atoms with Crippen molar-refractivity contribution < 1.29 is 4.74 Å². The van der Waals surface area contributed by atoms with Gasteiger partial charge in [-0.05, 0) is 42.5 Å². The molecule has 0 heterocycles. The minimum absolute atomic E-state index is 0.547. The van der Waals surface area contributed by atoms with Crippen LogP contribution < -0.4 is 10.1 Å². The van der Waals surface area contributed by atoms with E-state index in [0.29, 0.717) is 18.7 Å². The molecule has 0 saturated carbocycles. The van der Waals surface area contributed by atoms with Crippen LogP contribution in [0.4, 0.5) is 5.69 Å². The van der Waals surface area contributed by atoms with Crippen LogP contribution in [0.5, 0.6) is 5.75 Å². The maximum absolute atomic E-state index is 8.78. The minimum atomic E-state index is 0.547. The molecule has 0 aliphatic heterocycles. The maximum Gasteiger partial charge on any atom is 0.120 e. The van der Waals surface area contributed by atoms with Gasteiger partial charge in [-0.15, -0.1) is 0 Å². The highest BCUT2D eigenvalue weighted by Gasteiger charge is 1.96. The molecule has 96 valence electrons. The Morgan fingerprint density at radius 3 is 2.68 bits per heavy atom. The van der Waals surface area contributed by atoms with Crippen molar-refractivity contribution in [2.45, 2.75) is 0 Å². The van der Waals surface area contributed by atoms with Gasteiger partial charge in [0.1, 0.15) is 12.4 Å². The summed E-state index contributed by atoms with van der Waals surface area (Å²) in [6, 6.07) is 17.2. The second-order valence-electron chi connectivity index (χ2n) is 3.92. The Balaban J connectivity index is 1.77. The Morgan fingerprint density at radius 1 is 1.16 bits per heavy atom. The van der Waals surface area contributed by atoms with Gasteiger partial charge in [-0.25, -0.2) is 0 Å². The van der Waals surface area contributed by atoms with Crippen LogP contribution >= 0.6 is 15.9 Å². The third kappa shape index (κ3) is 4.31. The summed E-state index contributed by atoms with van der Waals surface area (Å²) in [7, 11) is 0. The van der Waals surface area contributed by atoms with Gasteiger partial charge in [0.2, 0.25) is 0 Å². The molecule has 2 aromatic rings. The molecule has 3 nitrogen and oxygen atoms in total. The van der Waals surface area contributed by atoms with Gasteiger partial charge in [0.05, 0.1) is 11.6 Å². The first-order valence-electron chi connectivity index (χ1n) is 5.90. The van der Waals surface area contributed by atoms with Crippen molar-refractivity contribution in [3.63, 3.8) is 0 Å². The predicted molar refractivity (Wildman–Crippen MR) is 79.3 cm³/mol. The summed E-state index contributed by atoms with van der Waals surface area (Å²) in [6.07, 6.45) is 0. The van der Waals surface area contributed by atoms with Crippen molar-refractivity contribution in [2.75, 3.05) is 18.5 Å². The Labute approximate surface area is 121 Å². The molecule has 19 heavy (non-hydrogen) atoms. The Hall–Kier alpha value is -1.99. The van der Waals surface area contributed by atoms with E-state index in [1.165, 1.54) is 0 Å². The first kappa shape index (κ1) is 13.4. The average molecular weight is 317 g/mol. The zero-order chi connectivity index (χ0) is 13.5. The molecular formula is C15H13BrN2O. The van der Waals surface area contributed by atoms with E-state index in [4.69, 9.17) is 10.00 Å². The first-order valence-corrected chi connectivity index (χ1v) is 6.69. The lowest BCUT2D eigenvalue weighted by Gasteiger charge is -2.08. The number of nitrogens with zero attached hydrogens (tertiary/aromatic N) is 1. The summed E-state index contributed by atoms with van der Waals surface area (Å²) in [5, 5.41) is 12.0. The fourth-order valence-corrected chi connectivity index (χ4v) is 1.85. The van der Waals surface area contributed by atoms with E-state index >= 15 is 0 Å². The maximum atomic E-state index is 8.78. The molecule has 0 bridgehead atoms. The second kappa shape index (κ2) is 6.81. The van der Waals surface area contributed by atoms with Gasteiger partial charge in [-0.1, -0.05) is 22.0 Å². The molecule has 2 aromatic carbocycles. The smallest absolute Gasteiger partial charge is 0.120 e. The molecule has 4 heteroatoms. The molecule has 0 aromatic heterocycles. The van der Waals surface area contributed by atoms with E-state index in [9.17, 15) is 0 Å². The zero-order valence-electron chi connectivity index (χ0n) is 10.3. The largest absolute Gasteiger partial charge is 0.492 e.